The van der Waals surface area contributed by atoms with Gasteiger partial charge >= 0.3 is 0 Å². The third-order valence-corrected chi connectivity index (χ3v) is 3.09. The maximum absolute atomic E-state index is 10.7. The fourth-order valence-corrected chi connectivity index (χ4v) is 1.95. The monoisotopic (exact) mass is 261 g/mol. The van der Waals surface area contributed by atoms with E-state index in [1.54, 1.807) is 26.2 Å². The molecule has 0 fully saturated rings. The van der Waals surface area contributed by atoms with Crippen LogP contribution in [0, 0.1) is 11.3 Å². The van der Waals surface area contributed by atoms with Gasteiger partial charge in [0.1, 0.15) is 11.8 Å². The second-order valence-electron chi connectivity index (χ2n) is 3.60. The maximum atomic E-state index is 10.7. The van der Waals surface area contributed by atoms with Gasteiger partial charge in [0.05, 0.1) is 12.7 Å². The van der Waals surface area contributed by atoms with E-state index in [1.807, 2.05) is 18.2 Å². The predicted molar refractivity (Wildman–Crippen MR) is 74.5 cm³/mol. The van der Waals surface area contributed by atoms with Gasteiger partial charge in [-0.15, -0.1) is 0 Å². The van der Waals surface area contributed by atoms with Crippen LogP contribution in [0.4, 0.5) is 0 Å². The number of hydrogen-bond donors (Lipinski definition) is 0. The molecule has 0 unspecified atom stereocenters. The highest BCUT2D eigenvalue weighted by molar-refractivity contribution is 8.13. The van der Waals surface area contributed by atoms with E-state index in [9.17, 15) is 4.79 Å². The van der Waals surface area contributed by atoms with E-state index in [1.165, 1.54) is 11.8 Å². The van der Waals surface area contributed by atoms with Crippen LogP contribution in [0.5, 0.6) is 5.75 Å². The molecule has 0 aliphatic rings. The van der Waals surface area contributed by atoms with E-state index >= 15 is 0 Å². The van der Waals surface area contributed by atoms with Crippen molar-refractivity contribution in [3.63, 3.8) is 0 Å². The third-order valence-electron chi connectivity index (χ3n) is 2.24. The van der Waals surface area contributed by atoms with Gasteiger partial charge in [0.25, 0.3) is 0 Å². The van der Waals surface area contributed by atoms with Crippen LogP contribution in [0.1, 0.15) is 24.5 Å². The number of thioether (sulfide) groups is 1. The first kappa shape index (κ1) is 14.3. The lowest BCUT2D eigenvalue weighted by Gasteiger charge is -2.02. The Morgan fingerprint density at radius 2 is 2.33 bits per heavy atom. The number of allylic oxidation sites excluding steroid dienone is 1. The minimum absolute atomic E-state index is 0.139. The van der Waals surface area contributed by atoms with Gasteiger partial charge in [-0.05, 0) is 24.1 Å². The standard InChI is InChI=1S/C14H15NO2S/c1-11(16)18-8-4-3-5-12-6-7-14(17-2)13(9-12)10-15/h3,5-7,9H,4,8H2,1-2H3. The molecule has 0 saturated carbocycles. The van der Waals surface area contributed by atoms with Gasteiger partial charge in [0.2, 0.25) is 0 Å². The Kier molecular flexibility index (Phi) is 6.03. The van der Waals surface area contributed by atoms with Gasteiger partial charge in [-0.3, -0.25) is 4.79 Å². The van der Waals surface area contributed by atoms with Crippen molar-refractivity contribution in [1.82, 2.24) is 0 Å². The number of nitrogens with zero attached hydrogens (tertiary/aromatic N) is 1. The van der Waals surface area contributed by atoms with E-state index < -0.39 is 0 Å². The van der Waals surface area contributed by atoms with Crippen molar-refractivity contribution in [2.24, 2.45) is 0 Å². The quantitative estimate of drug-likeness (QED) is 0.763. The molecule has 0 amide bonds. The van der Waals surface area contributed by atoms with Crippen molar-refractivity contribution >= 4 is 23.0 Å². The number of methoxy groups -OCH3 is 1. The van der Waals surface area contributed by atoms with Crippen molar-refractivity contribution in [1.29, 1.82) is 5.26 Å². The zero-order valence-corrected chi connectivity index (χ0v) is 11.3. The van der Waals surface area contributed by atoms with Crippen molar-refractivity contribution in [2.45, 2.75) is 13.3 Å². The molecule has 1 rings (SSSR count). The van der Waals surface area contributed by atoms with E-state index in [0.29, 0.717) is 11.3 Å². The zero-order valence-electron chi connectivity index (χ0n) is 10.5. The lowest BCUT2D eigenvalue weighted by Crippen LogP contribution is -1.88. The summed E-state index contributed by atoms with van der Waals surface area (Å²) < 4.78 is 5.07. The van der Waals surface area contributed by atoms with E-state index in [2.05, 4.69) is 6.07 Å². The first-order chi connectivity index (χ1) is 8.67. The van der Waals surface area contributed by atoms with Gasteiger partial charge in [0, 0.05) is 12.7 Å². The molecule has 1 aromatic rings. The van der Waals surface area contributed by atoms with E-state index in [0.717, 1.165) is 17.7 Å². The molecular formula is C14H15NO2S. The Morgan fingerprint density at radius 3 is 2.94 bits per heavy atom. The molecule has 0 saturated heterocycles. The number of benzene rings is 1. The molecule has 0 heterocycles. The number of carbonyl (C=O) groups is 1. The summed E-state index contributed by atoms with van der Waals surface area (Å²) in [6.07, 6.45) is 4.78. The smallest absolute Gasteiger partial charge is 0.185 e. The molecule has 0 aliphatic carbocycles. The van der Waals surface area contributed by atoms with Crippen molar-refractivity contribution in [2.75, 3.05) is 12.9 Å². The number of rotatable bonds is 5. The van der Waals surface area contributed by atoms with E-state index in [-0.39, 0.29) is 5.12 Å². The van der Waals surface area contributed by atoms with Gasteiger partial charge in [-0.1, -0.05) is 30.0 Å². The van der Waals surface area contributed by atoms with Crippen LogP contribution in [-0.2, 0) is 4.79 Å². The van der Waals surface area contributed by atoms with Crippen LogP contribution in [0.25, 0.3) is 6.08 Å². The summed E-state index contributed by atoms with van der Waals surface area (Å²) in [7, 11) is 1.55. The summed E-state index contributed by atoms with van der Waals surface area (Å²) in [5.41, 5.74) is 1.48. The first-order valence-corrected chi connectivity index (χ1v) is 6.54. The van der Waals surface area contributed by atoms with Crippen LogP contribution >= 0.6 is 11.8 Å². The molecule has 0 aliphatic heterocycles. The van der Waals surface area contributed by atoms with Crippen LogP contribution < -0.4 is 4.74 Å². The molecule has 0 N–H and O–H groups in total. The Bertz CT molecular complexity index is 489. The molecule has 0 bridgehead atoms. The summed E-state index contributed by atoms with van der Waals surface area (Å²) in [6.45, 7) is 1.57. The molecule has 0 aromatic heterocycles. The Labute approximate surface area is 111 Å². The zero-order chi connectivity index (χ0) is 13.4. The van der Waals surface area contributed by atoms with Crippen LogP contribution in [-0.4, -0.2) is 18.0 Å². The number of ether oxygens (including phenoxy) is 1. The minimum Gasteiger partial charge on any atom is -0.495 e. The minimum atomic E-state index is 0.139. The highest BCUT2D eigenvalue weighted by Gasteiger charge is 2.01. The van der Waals surface area contributed by atoms with Gasteiger partial charge in [-0.25, -0.2) is 0 Å². The number of carbonyl (C=O) groups excluding carboxylic acids is 1. The molecule has 18 heavy (non-hydrogen) atoms. The molecule has 0 radical (unpaired) electrons. The molecular weight excluding hydrogens is 246 g/mol. The Hall–Kier alpha value is -1.73. The maximum Gasteiger partial charge on any atom is 0.185 e. The number of hydrogen-bond acceptors (Lipinski definition) is 4. The van der Waals surface area contributed by atoms with Gasteiger partial charge in [-0.2, -0.15) is 5.26 Å². The summed E-state index contributed by atoms with van der Waals surface area (Å²) in [4.78, 5) is 10.7. The molecule has 0 spiro atoms. The van der Waals surface area contributed by atoms with Crippen molar-refractivity contribution < 1.29 is 9.53 Å². The van der Waals surface area contributed by atoms with Crippen molar-refractivity contribution in [3.05, 3.63) is 35.4 Å². The Morgan fingerprint density at radius 1 is 1.56 bits per heavy atom. The molecule has 0 atom stereocenters. The molecule has 3 nitrogen and oxygen atoms in total. The lowest BCUT2D eigenvalue weighted by molar-refractivity contribution is -0.109. The fourth-order valence-electron chi connectivity index (χ4n) is 1.41. The van der Waals surface area contributed by atoms with Gasteiger partial charge < -0.3 is 4.74 Å². The number of nitriles is 1. The second kappa shape index (κ2) is 7.57. The Balaban J connectivity index is 2.60. The molecule has 94 valence electrons. The second-order valence-corrected chi connectivity index (χ2v) is 4.87. The van der Waals surface area contributed by atoms with Crippen LogP contribution in [0.15, 0.2) is 24.3 Å². The highest BCUT2D eigenvalue weighted by atomic mass is 32.2. The third kappa shape index (κ3) is 4.64. The average molecular weight is 261 g/mol. The SMILES string of the molecule is COc1ccc(C=CCCSC(C)=O)cc1C#N. The van der Waals surface area contributed by atoms with Crippen LogP contribution in [0.2, 0.25) is 0 Å². The largest absolute Gasteiger partial charge is 0.495 e. The summed E-state index contributed by atoms with van der Waals surface area (Å²) in [5.74, 6) is 1.37. The molecule has 4 heteroatoms. The molecule has 1 aromatic carbocycles. The van der Waals surface area contributed by atoms with E-state index in [4.69, 9.17) is 10.00 Å². The topological polar surface area (TPSA) is 50.1 Å². The normalized spacial score (nSPS) is 10.3. The predicted octanol–water partition coefficient (Wildman–Crippen LogP) is 3.25. The summed E-state index contributed by atoms with van der Waals surface area (Å²) in [5, 5.41) is 9.09. The van der Waals surface area contributed by atoms with Crippen LogP contribution in [0.3, 0.4) is 0 Å². The lowest BCUT2D eigenvalue weighted by atomic mass is 10.1. The first-order valence-electron chi connectivity index (χ1n) is 5.55. The summed E-state index contributed by atoms with van der Waals surface area (Å²) >= 11 is 1.32. The van der Waals surface area contributed by atoms with Gasteiger partial charge in [0.15, 0.2) is 5.12 Å². The average Bonchev–Trinajstić information content (AvgIpc) is 2.37. The van der Waals surface area contributed by atoms with Crippen molar-refractivity contribution in [3.8, 4) is 11.8 Å². The fraction of sp³-hybridized carbons (Fsp3) is 0.286. The highest BCUT2D eigenvalue weighted by Crippen LogP contribution is 2.19. The summed E-state index contributed by atoms with van der Waals surface area (Å²) in [6, 6.07) is 7.56.